The second kappa shape index (κ2) is 8.36. The van der Waals surface area contributed by atoms with Gasteiger partial charge >= 0.3 is 0 Å². The van der Waals surface area contributed by atoms with Crippen molar-refractivity contribution in [3.8, 4) is 0 Å². The Morgan fingerprint density at radius 2 is 1.90 bits per heavy atom. The zero-order valence-electron chi connectivity index (χ0n) is 11.4. The van der Waals surface area contributed by atoms with Gasteiger partial charge in [-0.05, 0) is 53.7 Å². The first-order valence-electron chi connectivity index (χ1n) is 6.09. The van der Waals surface area contributed by atoms with Crippen LogP contribution in [0.3, 0.4) is 0 Å². The molecule has 114 valence electrons. The van der Waals surface area contributed by atoms with Crippen LogP contribution in [0.15, 0.2) is 52.3 Å². The molecule has 0 aromatic heterocycles. The van der Waals surface area contributed by atoms with E-state index in [0.717, 1.165) is 6.07 Å². The highest BCUT2D eigenvalue weighted by Crippen LogP contribution is 2.25. The highest BCUT2D eigenvalue weighted by atomic mass is 32.2. The van der Waals surface area contributed by atoms with Gasteiger partial charge in [-0.3, -0.25) is 0 Å². The standard InChI is InChI=1S/C15H16F3NS2/c1-9(20)3-4-15(21-18)10(2)14(19)7-11-5-12(16)8-13(17)6-11/h3-6,8,14,20H,1,7,19H2,2H3/b4-3-,15-10-. The van der Waals surface area contributed by atoms with Crippen LogP contribution in [0.4, 0.5) is 12.7 Å². The number of halogens is 3. The Labute approximate surface area is 132 Å². The smallest absolute Gasteiger partial charge is 0.126 e. The summed E-state index contributed by atoms with van der Waals surface area (Å²) in [5.41, 5.74) is 6.98. The molecule has 0 aliphatic heterocycles. The zero-order chi connectivity index (χ0) is 16.0. The van der Waals surface area contributed by atoms with E-state index in [1.54, 1.807) is 13.0 Å². The maximum Gasteiger partial charge on any atom is 0.126 e. The van der Waals surface area contributed by atoms with Crippen molar-refractivity contribution in [1.29, 1.82) is 0 Å². The Hall–Kier alpha value is -1.11. The topological polar surface area (TPSA) is 26.0 Å². The Bertz CT molecular complexity index is 562. The van der Waals surface area contributed by atoms with E-state index >= 15 is 0 Å². The molecule has 0 aliphatic rings. The van der Waals surface area contributed by atoms with Gasteiger partial charge in [0.25, 0.3) is 0 Å². The van der Waals surface area contributed by atoms with Crippen LogP contribution in [0.1, 0.15) is 12.5 Å². The van der Waals surface area contributed by atoms with Crippen molar-refractivity contribution in [1.82, 2.24) is 0 Å². The molecule has 1 unspecified atom stereocenters. The summed E-state index contributed by atoms with van der Waals surface area (Å²) in [6.07, 6.45) is 3.27. The van der Waals surface area contributed by atoms with Crippen molar-refractivity contribution in [2.45, 2.75) is 19.4 Å². The lowest BCUT2D eigenvalue weighted by molar-refractivity contribution is 0.577. The molecule has 1 aromatic carbocycles. The summed E-state index contributed by atoms with van der Waals surface area (Å²) >= 11 is 4.04. The van der Waals surface area contributed by atoms with Gasteiger partial charge in [0.1, 0.15) is 11.6 Å². The number of rotatable bonds is 6. The van der Waals surface area contributed by atoms with Gasteiger partial charge < -0.3 is 5.73 Å². The van der Waals surface area contributed by atoms with Crippen molar-refractivity contribution < 1.29 is 12.7 Å². The summed E-state index contributed by atoms with van der Waals surface area (Å²) in [5.74, 6) is -1.32. The maximum absolute atomic E-state index is 13.1. The number of nitrogens with two attached hydrogens (primary N) is 1. The van der Waals surface area contributed by atoms with E-state index in [1.807, 2.05) is 0 Å². The second-order valence-electron chi connectivity index (χ2n) is 4.54. The summed E-state index contributed by atoms with van der Waals surface area (Å²) in [4.78, 5) is 0.810. The molecule has 0 spiro atoms. The van der Waals surface area contributed by atoms with E-state index in [-0.39, 0.29) is 18.6 Å². The summed E-state index contributed by atoms with van der Waals surface area (Å²) < 4.78 is 39.2. The molecule has 0 fully saturated rings. The molecule has 0 radical (unpaired) electrons. The summed E-state index contributed by atoms with van der Waals surface area (Å²) in [5, 5.41) is 0. The average molecular weight is 331 g/mol. The Balaban J connectivity index is 2.94. The van der Waals surface area contributed by atoms with Crippen molar-refractivity contribution in [3.63, 3.8) is 0 Å². The van der Waals surface area contributed by atoms with E-state index in [2.05, 4.69) is 19.2 Å². The predicted octanol–water partition coefficient (Wildman–Crippen LogP) is 4.73. The molecule has 0 aliphatic carbocycles. The molecule has 0 saturated carbocycles. The molecular formula is C15H16F3NS2. The van der Waals surface area contributed by atoms with Crippen molar-refractivity contribution in [2.24, 2.45) is 5.73 Å². The first-order valence-corrected chi connectivity index (χ1v) is 7.25. The van der Waals surface area contributed by atoms with Crippen LogP contribution in [0.25, 0.3) is 0 Å². The van der Waals surface area contributed by atoms with Crippen LogP contribution in [0, 0.1) is 11.6 Å². The third-order valence-corrected chi connectivity index (χ3v) is 3.61. The summed E-state index contributed by atoms with van der Waals surface area (Å²) in [6, 6.07) is 2.66. The Morgan fingerprint density at radius 3 is 2.38 bits per heavy atom. The van der Waals surface area contributed by atoms with Crippen LogP contribution in [0.2, 0.25) is 0 Å². The Kier molecular flexibility index (Phi) is 7.14. The molecule has 21 heavy (non-hydrogen) atoms. The zero-order valence-corrected chi connectivity index (χ0v) is 13.2. The maximum atomic E-state index is 13.1. The highest BCUT2D eigenvalue weighted by Gasteiger charge is 2.12. The second-order valence-corrected chi connectivity index (χ2v) is 5.71. The van der Waals surface area contributed by atoms with E-state index in [9.17, 15) is 12.7 Å². The number of hydrogen-bond donors (Lipinski definition) is 2. The first-order chi connectivity index (χ1) is 9.83. The van der Waals surface area contributed by atoms with Crippen LogP contribution in [-0.2, 0) is 6.42 Å². The van der Waals surface area contributed by atoms with Gasteiger partial charge in [0, 0.05) is 17.0 Å². The minimum absolute atomic E-state index is 0.0548. The highest BCUT2D eigenvalue weighted by molar-refractivity contribution is 7.98. The first kappa shape index (κ1) is 17.9. The molecule has 0 bridgehead atoms. The van der Waals surface area contributed by atoms with E-state index < -0.39 is 17.7 Å². The molecule has 1 rings (SSSR count). The summed E-state index contributed by atoms with van der Waals surface area (Å²) in [7, 11) is 0. The fourth-order valence-electron chi connectivity index (χ4n) is 1.71. The van der Waals surface area contributed by atoms with Gasteiger partial charge in [-0.1, -0.05) is 6.58 Å². The fourth-order valence-corrected chi connectivity index (χ4v) is 2.18. The van der Waals surface area contributed by atoms with Crippen LogP contribution >= 0.6 is 24.8 Å². The minimum atomic E-state index is -0.662. The number of benzene rings is 1. The van der Waals surface area contributed by atoms with Crippen LogP contribution in [0.5, 0.6) is 0 Å². The molecular weight excluding hydrogens is 315 g/mol. The molecule has 1 aromatic rings. The average Bonchev–Trinajstić information content (AvgIpc) is 2.37. The molecule has 2 N–H and O–H groups in total. The lowest BCUT2D eigenvalue weighted by Crippen LogP contribution is -2.25. The lowest BCUT2D eigenvalue weighted by atomic mass is 10.00. The fraction of sp³-hybridized carbons (Fsp3) is 0.200. The molecule has 0 saturated heterocycles. The van der Waals surface area contributed by atoms with Gasteiger partial charge in [0.15, 0.2) is 0 Å². The Morgan fingerprint density at radius 1 is 1.33 bits per heavy atom. The van der Waals surface area contributed by atoms with Gasteiger partial charge in [-0.2, -0.15) is 3.89 Å². The van der Waals surface area contributed by atoms with E-state index in [4.69, 9.17) is 5.73 Å². The SMILES string of the molecule is C=C(S)/C=C\C(SF)=C(/C)C(N)Cc1cc(F)cc(F)c1. The normalized spacial score (nSPS) is 14.2. The largest absolute Gasteiger partial charge is 0.324 e. The lowest BCUT2D eigenvalue weighted by Gasteiger charge is -2.14. The predicted molar refractivity (Wildman–Crippen MR) is 86.7 cm³/mol. The minimum Gasteiger partial charge on any atom is -0.324 e. The van der Waals surface area contributed by atoms with Gasteiger partial charge in [-0.15, -0.1) is 12.6 Å². The van der Waals surface area contributed by atoms with Crippen molar-refractivity contribution in [3.05, 3.63) is 69.5 Å². The molecule has 1 atom stereocenters. The quantitative estimate of drug-likeness (QED) is 0.582. The van der Waals surface area contributed by atoms with Crippen LogP contribution in [-0.4, -0.2) is 6.04 Å². The molecule has 6 heteroatoms. The van der Waals surface area contributed by atoms with E-state index in [1.165, 1.54) is 18.2 Å². The van der Waals surface area contributed by atoms with Gasteiger partial charge in [-0.25, -0.2) is 8.78 Å². The van der Waals surface area contributed by atoms with Gasteiger partial charge in [0.2, 0.25) is 0 Å². The monoisotopic (exact) mass is 331 g/mol. The van der Waals surface area contributed by atoms with Crippen molar-refractivity contribution >= 4 is 24.8 Å². The number of allylic oxidation sites excluding steroid dienone is 2. The molecule has 0 heterocycles. The van der Waals surface area contributed by atoms with E-state index in [0.29, 0.717) is 20.9 Å². The number of hydrogen-bond acceptors (Lipinski definition) is 3. The molecule has 1 nitrogen and oxygen atoms in total. The van der Waals surface area contributed by atoms with Crippen molar-refractivity contribution in [2.75, 3.05) is 0 Å². The number of thiol groups is 1. The molecule has 0 amide bonds. The summed E-state index contributed by atoms with van der Waals surface area (Å²) in [6.45, 7) is 5.24. The van der Waals surface area contributed by atoms with Gasteiger partial charge in [0.05, 0.1) is 12.1 Å². The van der Waals surface area contributed by atoms with Crippen LogP contribution < -0.4 is 5.73 Å². The third-order valence-electron chi connectivity index (χ3n) is 2.83. The third kappa shape index (κ3) is 6.03.